The van der Waals surface area contributed by atoms with Crippen LogP contribution in [-0.4, -0.2) is 38.5 Å². The number of hydrogen-bond donors (Lipinski definition) is 4. The molecule has 4 N–H and O–H groups in total. The first-order valence-electron chi connectivity index (χ1n) is 10.0. The van der Waals surface area contributed by atoms with Crippen LogP contribution in [0.1, 0.15) is 11.1 Å². The number of amidine groups is 1. The van der Waals surface area contributed by atoms with Crippen LogP contribution in [0.2, 0.25) is 5.02 Å². The van der Waals surface area contributed by atoms with Crippen molar-refractivity contribution in [1.82, 2.24) is 20.4 Å². The van der Waals surface area contributed by atoms with Crippen molar-refractivity contribution in [1.29, 1.82) is 0 Å². The molecule has 0 fully saturated rings. The Hall–Kier alpha value is -3.54. The number of nitrogens with zero attached hydrogens (tertiary/aromatic N) is 4. The normalized spacial score (nSPS) is 12.6. The molecule has 34 heavy (non-hydrogen) atoms. The van der Waals surface area contributed by atoms with E-state index in [0.29, 0.717) is 34.9 Å². The fourth-order valence-corrected chi connectivity index (χ4v) is 4.83. The van der Waals surface area contributed by atoms with Gasteiger partial charge in [0.05, 0.1) is 16.2 Å². The average molecular weight is 502 g/mol. The van der Waals surface area contributed by atoms with Crippen LogP contribution in [0.3, 0.4) is 0 Å². The van der Waals surface area contributed by atoms with E-state index in [2.05, 4.69) is 35.3 Å². The van der Waals surface area contributed by atoms with Crippen LogP contribution in [0.4, 0.5) is 16.0 Å². The van der Waals surface area contributed by atoms with E-state index in [-0.39, 0.29) is 10.9 Å². The Morgan fingerprint density at radius 3 is 2.76 bits per heavy atom. The number of nitrogens with one attached hydrogen (secondary N) is 3. The number of hydrogen-bond acceptors (Lipinski definition) is 7. The third kappa shape index (κ3) is 4.86. The minimum Gasteiger partial charge on any atom is -0.352 e. The molecule has 9 nitrogen and oxygen atoms in total. The van der Waals surface area contributed by atoms with Crippen LogP contribution >= 0.6 is 21.8 Å². The van der Waals surface area contributed by atoms with E-state index in [1.54, 1.807) is 6.07 Å². The third-order valence-corrected chi connectivity index (χ3v) is 7.18. The maximum absolute atomic E-state index is 13.5. The molecule has 2 aromatic heterocycles. The average Bonchev–Trinajstić information content (AvgIpc) is 3.27. The smallest absolute Gasteiger partial charge is 0.203 e. The molecule has 2 heterocycles. The van der Waals surface area contributed by atoms with E-state index in [0.717, 1.165) is 10.5 Å². The van der Waals surface area contributed by atoms with E-state index in [1.807, 2.05) is 36.8 Å². The molecule has 4 aromatic rings. The zero-order valence-electron chi connectivity index (χ0n) is 18.2. The lowest BCUT2D eigenvalue weighted by atomic mass is 10.2. The highest BCUT2D eigenvalue weighted by Gasteiger charge is 2.19. The van der Waals surface area contributed by atoms with E-state index >= 15 is 0 Å². The summed E-state index contributed by atoms with van der Waals surface area (Å²) in [5.41, 5.74) is 4.76. The lowest BCUT2D eigenvalue weighted by molar-refractivity contribution is 0.235. The molecule has 0 bridgehead atoms. The lowest BCUT2D eigenvalue weighted by Gasteiger charge is -2.24. The highest BCUT2D eigenvalue weighted by atomic mass is 35.5. The van der Waals surface area contributed by atoms with Crippen LogP contribution in [0.15, 0.2) is 69.2 Å². The van der Waals surface area contributed by atoms with Crippen LogP contribution in [0, 0.1) is 10.7 Å². The molecule has 0 saturated heterocycles. The zero-order chi connectivity index (χ0) is 24.3. The van der Waals surface area contributed by atoms with Crippen LogP contribution in [0.5, 0.6) is 0 Å². The molecule has 176 valence electrons. The maximum atomic E-state index is 13.5. The summed E-state index contributed by atoms with van der Waals surface area (Å²) in [5.74, 6) is -0.0260. The second kappa shape index (κ2) is 9.75. The number of aromatic nitrogens is 3. The van der Waals surface area contributed by atoms with E-state index in [4.69, 9.17) is 11.6 Å². The number of halogens is 2. The third-order valence-electron chi connectivity index (χ3n) is 5.04. The fourth-order valence-electron chi connectivity index (χ4n) is 3.38. The molecule has 0 atom stereocenters. The van der Waals surface area contributed by atoms with Crippen molar-refractivity contribution in [3.8, 4) is 0 Å². The molecule has 0 spiro atoms. The topological polar surface area (TPSA) is 128 Å². The molecule has 4 rings (SSSR count). The molecule has 0 amide bonds. The molecule has 0 saturated carbocycles. The Kier molecular flexibility index (Phi) is 6.77. The van der Waals surface area contributed by atoms with Gasteiger partial charge in [0, 0.05) is 23.2 Å². The van der Waals surface area contributed by atoms with Gasteiger partial charge in [-0.2, -0.15) is 4.98 Å². The number of rotatable bonds is 7. The van der Waals surface area contributed by atoms with Gasteiger partial charge in [-0.25, -0.2) is 14.4 Å². The van der Waals surface area contributed by atoms with Crippen LogP contribution < -0.4 is 10.8 Å². The van der Waals surface area contributed by atoms with Crippen LogP contribution in [0.25, 0.3) is 11.2 Å². The van der Waals surface area contributed by atoms with Crippen molar-refractivity contribution >= 4 is 50.5 Å². The lowest BCUT2D eigenvalue weighted by Crippen LogP contribution is -2.20. The van der Waals surface area contributed by atoms with Gasteiger partial charge in [0.25, 0.3) is 0 Å². The van der Waals surface area contributed by atoms with Gasteiger partial charge in [0.15, 0.2) is 11.5 Å². The quantitative estimate of drug-likeness (QED) is 0.114. The molecule has 12 heteroatoms. The number of aromatic amines is 1. The molecule has 2 aromatic carbocycles. The summed E-state index contributed by atoms with van der Waals surface area (Å²) < 4.78 is 16.8. The number of pyridine rings is 1. The van der Waals surface area contributed by atoms with Gasteiger partial charge < -0.3 is 10.3 Å². The van der Waals surface area contributed by atoms with Gasteiger partial charge in [0.1, 0.15) is 5.82 Å². The summed E-state index contributed by atoms with van der Waals surface area (Å²) >= 11 is 5.84. The van der Waals surface area contributed by atoms with Crippen molar-refractivity contribution in [2.75, 3.05) is 17.8 Å². The van der Waals surface area contributed by atoms with Crippen molar-refractivity contribution in [2.45, 2.75) is 11.4 Å². The second-order valence-electron chi connectivity index (χ2n) is 7.62. The van der Waals surface area contributed by atoms with Gasteiger partial charge in [-0.1, -0.05) is 40.0 Å². The predicted octanol–water partition coefficient (Wildman–Crippen LogP) is 5.52. The van der Waals surface area contributed by atoms with Gasteiger partial charge in [0.2, 0.25) is 5.95 Å². The number of H-pyrrole nitrogens is 1. The first kappa shape index (κ1) is 23.6. The van der Waals surface area contributed by atoms with E-state index < -0.39 is 16.0 Å². The number of anilines is 1. The molecule has 0 radical (unpaired) electrons. The van der Waals surface area contributed by atoms with Gasteiger partial charge in [-0.3, -0.25) is 10.7 Å². The highest BCUT2D eigenvalue weighted by molar-refractivity contribution is 8.31. The van der Waals surface area contributed by atoms with Gasteiger partial charge >= 0.3 is 0 Å². The van der Waals surface area contributed by atoms with E-state index in [1.165, 1.54) is 24.4 Å². The molecule has 0 aliphatic carbocycles. The van der Waals surface area contributed by atoms with E-state index in [9.17, 15) is 14.5 Å². The standard InChI is InChI=1S/C22H21ClFN7O2S/c1-34(2,31-33)18-6-4-3-5-13(18)12-26-22-28-19-15(9-10-25-21(19)29-22)20(30-32)27-14-7-8-17(24)16(23)11-14/h3-11,32H,12H2,1-2H3,(H,27,30)(H2,25,26,28,29). The molecule has 0 aliphatic heterocycles. The summed E-state index contributed by atoms with van der Waals surface area (Å²) in [4.78, 5) is 28.4. The van der Waals surface area contributed by atoms with Gasteiger partial charge in [-0.05, 0) is 53.0 Å². The number of imidazole rings is 1. The first-order valence-corrected chi connectivity index (χ1v) is 12.8. The number of benzene rings is 2. The molecular formula is C22H21ClFN7O2S. The largest absolute Gasteiger partial charge is 0.352 e. The predicted molar refractivity (Wildman–Crippen MR) is 134 cm³/mol. The van der Waals surface area contributed by atoms with Crippen molar-refractivity contribution in [2.24, 2.45) is 9.57 Å². The first-order chi connectivity index (χ1) is 16.3. The number of hydroxylamine groups is 1. The monoisotopic (exact) mass is 501 g/mol. The summed E-state index contributed by atoms with van der Waals surface area (Å²) in [5, 5.41) is 12.9. The fraction of sp³-hybridized carbons (Fsp3) is 0.136. The molecular weight excluding hydrogens is 481 g/mol. The van der Waals surface area contributed by atoms with Crippen molar-refractivity contribution in [3.05, 3.63) is 81.6 Å². The minimum atomic E-state index is -1.81. The summed E-state index contributed by atoms with van der Waals surface area (Å²) in [7, 11) is -1.81. The highest BCUT2D eigenvalue weighted by Crippen LogP contribution is 2.51. The number of fused-ring (bicyclic) bond motifs is 1. The molecule has 0 aliphatic rings. The summed E-state index contributed by atoms with van der Waals surface area (Å²) in [6.07, 6.45) is 5.21. The Morgan fingerprint density at radius 2 is 2.03 bits per heavy atom. The zero-order valence-corrected chi connectivity index (χ0v) is 19.8. The van der Waals surface area contributed by atoms with Gasteiger partial charge in [-0.15, -0.1) is 4.91 Å². The number of nitroso groups, excluding NO2 is 1. The number of aliphatic imine (C=N–C) groups is 1. The van der Waals surface area contributed by atoms with Crippen LogP contribution in [-0.2, 0) is 6.54 Å². The minimum absolute atomic E-state index is 0.0819. The second-order valence-corrected chi connectivity index (χ2v) is 11.2. The van der Waals surface area contributed by atoms with Crippen molar-refractivity contribution < 1.29 is 9.60 Å². The Bertz CT molecular complexity index is 1390. The SMILES string of the molecule is CS(C)(N=O)c1ccccc1CNc1nc2nccc(C(=Nc3ccc(F)c(Cl)c3)NO)c2[nH]1. The Labute approximate surface area is 200 Å². The summed E-state index contributed by atoms with van der Waals surface area (Å²) in [6, 6.07) is 13.2. The maximum Gasteiger partial charge on any atom is 0.203 e. The summed E-state index contributed by atoms with van der Waals surface area (Å²) in [6.45, 7) is 0.407. The molecule has 0 unspecified atom stereocenters. The Morgan fingerprint density at radius 1 is 1.24 bits per heavy atom. The van der Waals surface area contributed by atoms with Crippen molar-refractivity contribution in [3.63, 3.8) is 0 Å². The Balaban J connectivity index is 1.65.